The molecule has 3 rings (SSSR count). The summed E-state index contributed by atoms with van der Waals surface area (Å²) in [5.41, 5.74) is 6.73. The van der Waals surface area contributed by atoms with E-state index in [1.807, 2.05) is 35.2 Å². The minimum absolute atomic E-state index is 0.0717. The van der Waals surface area contributed by atoms with Crippen molar-refractivity contribution in [3.63, 3.8) is 0 Å². The fraction of sp³-hybridized carbons (Fsp3) is 0.471. The number of carbonyl (C=O) groups excluding carboxylic acids is 1. The van der Waals surface area contributed by atoms with Gasteiger partial charge in [-0.3, -0.25) is 4.79 Å². The number of ether oxygens (including phenoxy) is 1. The summed E-state index contributed by atoms with van der Waals surface area (Å²) in [6.07, 6.45) is 4.48. The number of nitrogens with two attached hydrogens (primary N) is 1. The van der Waals surface area contributed by atoms with Crippen molar-refractivity contribution in [2.45, 2.75) is 25.4 Å². The van der Waals surface area contributed by atoms with Crippen molar-refractivity contribution >= 4 is 5.91 Å². The van der Waals surface area contributed by atoms with Crippen LogP contribution in [0.5, 0.6) is 0 Å². The van der Waals surface area contributed by atoms with Crippen LogP contribution in [0.3, 0.4) is 0 Å². The van der Waals surface area contributed by atoms with Crippen molar-refractivity contribution < 1.29 is 9.53 Å². The molecule has 0 saturated carbocycles. The maximum Gasteiger partial charge on any atom is 0.276 e. The smallest absolute Gasteiger partial charge is 0.276 e. The highest BCUT2D eigenvalue weighted by atomic mass is 16.5. The minimum Gasteiger partial charge on any atom is -0.378 e. The number of carbonyl (C=O) groups is 1. The number of hydrogen-bond acceptors (Lipinski definition) is 5. The highest BCUT2D eigenvalue weighted by Crippen LogP contribution is 2.16. The highest BCUT2D eigenvalue weighted by Gasteiger charge is 2.25. The van der Waals surface area contributed by atoms with Gasteiger partial charge in [-0.05, 0) is 37.9 Å². The number of rotatable bonds is 6. The molecule has 1 amide bonds. The van der Waals surface area contributed by atoms with Gasteiger partial charge in [0.05, 0.1) is 18.0 Å². The molecule has 1 aliphatic rings. The Balaban J connectivity index is 1.55. The van der Waals surface area contributed by atoms with E-state index in [0.29, 0.717) is 31.9 Å². The number of para-hydroxylation sites is 1. The van der Waals surface area contributed by atoms with Crippen molar-refractivity contribution in [2.24, 2.45) is 5.73 Å². The van der Waals surface area contributed by atoms with Gasteiger partial charge < -0.3 is 15.4 Å². The number of benzene rings is 1. The highest BCUT2D eigenvalue weighted by molar-refractivity contribution is 5.92. The number of nitrogens with zero attached hydrogens (tertiary/aromatic N) is 4. The summed E-state index contributed by atoms with van der Waals surface area (Å²) in [6.45, 7) is 2.71. The quantitative estimate of drug-likeness (QED) is 0.806. The van der Waals surface area contributed by atoms with Crippen molar-refractivity contribution in [3.8, 4) is 5.69 Å². The van der Waals surface area contributed by atoms with Crippen molar-refractivity contribution in [1.29, 1.82) is 0 Å². The fourth-order valence-electron chi connectivity index (χ4n) is 2.79. The molecule has 128 valence electrons. The molecule has 0 radical (unpaired) electrons. The molecule has 0 unspecified atom stereocenters. The Bertz CT molecular complexity index is 650. The zero-order chi connectivity index (χ0) is 16.8. The van der Waals surface area contributed by atoms with Gasteiger partial charge in [-0.1, -0.05) is 23.4 Å². The molecule has 1 fully saturated rings. The minimum atomic E-state index is -0.0717. The Kier molecular flexibility index (Phi) is 5.55. The third-order valence-corrected chi connectivity index (χ3v) is 4.16. The van der Waals surface area contributed by atoms with Gasteiger partial charge in [-0.2, -0.15) is 0 Å². The molecule has 1 aromatic heterocycles. The molecule has 2 heterocycles. The van der Waals surface area contributed by atoms with Crippen LogP contribution in [-0.2, 0) is 4.74 Å². The lowest BCUT2D eigenvalue weighted by Crippen LogP contribution is -2.41. The first-order valence-corrected chi connectivity index (χ1v) is 8.36. The van der Waals surface area contributed by atoms with Crippen molar-refractivity contribution in [1.82, 2.24) is 19.9 Å². The summed E-state index contributed by atoms with van der Waals surface area (Å²) in [6, 6.07) is 9.63. The molecule has 1 aromatic carbocycles. The van der Waals surface area contributed by atoms with E-state index in [2.05, 4.69) is 10.3 Å². The first kappa shape index (κ1) is 16.6. The summed E-state index contributed by atoms with van der Waals surface area (Å²) in [4.78, 5) is 14.4. The van der Waals surface area contributed by atoms with Crippen molar-refractivity contribution in [2.75, 3.05) is 26.2 Å². The molecule has 0 atom stereocenters. The second-order valence-corrected chi connectivity index (χ2v) is 5.89. The molecule has 0 spiro atoms. The van der Waals surface area contributed by atoms with E-state index >= 15 is 0 Å². The number of piperidine rings is 1. The average Bonchev–Trinajstić information content (AvgIpc) is 3.13. The van der Waals surface area contributed by atoms with Crippen LogP contribution in [0.4, 0.5) is 0 Å². The predicted octanol–water partition coefficient (Wildman–Crippen LogP) is 1.24. The monoisotopic (exact) mass is 329 g/mol. The molecule has 7 nitrogen and oxygen atoms in total. The number of aromatic nitrogens is 3. The lowest BCUT2D eigenvalue weighted by Gasteiger charge is -2.31. The topological polar surface area (TPSA) is 86.3 Å². The van der Waals surface area contributed by atoms with E-state index in [4.69, 9.17) is 10.5 Å². The van der Waals surface area contributed by atoms with Gasteiger partial charge in [0.15, 0.2) is 5.69 Å². The second kappa shape index (κ2) is 8.03. The summed E-state index contributed by atoms with van der Waals surface area (Å²) in [5, 5.41) is 8.07. The van der Waals surface area contributed by atoms with E-state index in [1.165, 1.54) is 0 Å². The molecular weight excluding hydrogens is 306 g/mol. The van der Waals surface area contributed by atoms with E-state index in [-0.39, 0.29) is 12.0 Å². The fourth-order valence-corrected chi connectivity index (χ4v) is 2.79. The average molecular weight is 329 g/mol. The largest absolute Gasteiger partial charge is 0.378 e. The van der Waals surface area contributed by atoms with Crippen LogP contribution < -0.4 is 5.73 Å². The van der Waals surface area contributed by atoms with E-state index < -0.39 is 0 Å². The number of amides is 1. The summed E-state index contributed by atoms with van der Waals surface area (Å²) in [5.74, 6) is -0.0717. The molecule has 1 saturated heterocycles. The maximum absolute atomic E-state index is 12.6. The van der Waals surface area contributed by atoms with Crippen molar-refractivity contribution in [3.05, 3.63) is 42.2 Å². The Morgan fingerprint density at radius 1 is 1.25 bits per heavy atom. The lowest BCUT2D eigenvalue weighted by atomic mass is 10.1. The first-order valence-electron chi connectivity index (χ1n) is 8.36. The Hall–Kier alpha value is -2.25. The summed E-state index contributed by atoms with van der Waals surface area (Å²) >= 11 is 0. The Morgan fingerprint density at radius 2 is 2.00 bits per heavy atom. The third-order valence-electron chi connectivity index (χ3n) is 4.16. The van der Waals surface area contributed by atoms with Crippen LogP contribution in [0.2, 0.25) is 0 Å². The van der Waals surface area contributed by atoms with E-state index in [0.717, 1.165) is 24.9 Å². The van der Waals surface area contributed by atoms with Gasteiger partial charge in [0.25, 0.3) is 5.91 Å². The third kappa shape index (κ3) is 3.98. The molecular formula is C17H23N5O2. The standard InChI is InChI=1S/C17H23N5O2/c18-9-4-12-24-15-7-10-21(11-8-15)17(23)16-13-22(20-19-16)14-5-2-1-3-6-14/h1-3,5-6,13,15H,4,7-12,18H2. The van der Waals surface area contributed by atoms with Crippen LogP contribution in [-0.4, -0.2) is 58.1 Å². The van der Waals surface area contributed by atoms with Crippen LogP contribution in [0.1, 0.15) is 29.8 Å². The zero-order valence-corrected chi connectivity index (χ0v) is 13.7. The SMILES string of the molecule is NCCCOC1CCN(C(=O)c2cn(-c3ccccc3)nn2)CC1. The molecule has 0 aliphatic carbocycles. The van der Waals surface area contributed by atoms with Crippen LogP contribution in [0.25, 0.3) is 5.69 Å². The molecule has 7 heteroatoms. The number of hydrogen-bond donors (Lipinski definition) is 1. The van der Waals surface area contributed by atoms with Gasteiger partial charge in [0.1, 0.15) is 0 Å². The zero-order valence-electron chi connectivity index (χ0n) is 13.7. The molecule has 24 heavy (non-hydrogen) atoms. The maximum atomic E-state index is 12.6. The molecule has 0 bridgehead atoms. The van der Waals surface area contributed by atoms with Crippen LogP contribution in [0.15, 0.2) is 36.5 Å². The normalized spacial score (nSPS) is 15.6. The number of likely N-dealkylation sites (tertiary alicyclic amines) is 1. The predicted molar refractivity (Wildman–Crippen MR) is 89.9 cm³/mol. The molecule has 2 aromatic rings. The van der Waals surface area contributed by atoms with Gasteiger partial charge in [-0.15, -0.1) is 5.10 Å². The van der Waals surface area contributed by atoms with Gasteiger partial charge in [0.2, 0.25) is 0 Å². The van der Waals surface area contributed by atoms with E-state index in [9.17, 15) is 4.79 Å². The van der Waals surface area contributed by atoms with E-state index in [1.54, 1.807) is 10.9 Å². The first-order chi connectivity index (χ1) is 11.8. The van der Waals surface area contributed by atoms with Gasteiger partial charge in [0, 0.05) is 19.7 Å². The summed E-state index contributed by atoms with van der Waals surface area (Å²) in [7, 11) is 0. The van der Waals surface area contributed by atoms with Gasteiger partial charge >= 0.3 is 0 Å². The second-order valence-electron chi connectivity index (χ2n) is 5.89. The Morgan fingerprint density at radius 3 is 2.71 bits per heavy atom. The van der Waals surface area contributed by atoms with Crippen LogP contribution >= 0.6 is 0 Å². The summed E-state index contributed by atoms with van der Waals surface area (Å²) < 4.78 is 7.39. The van der Waals surface area contributed by atoms with Crippen LogP contribution in [0, 0.1) is 0 Å². The molecule has 1 aliphatic heterocycles. The Labute approximate surface area is 141 Å². The van der Waals surface area contributed by atoms with Gasteiger partial charge in [-0.25, -0.2) is 4.68 Å². The molecule has 2 N–H and O–H groups in total. The lowest BCUT2D eigenvalue weighted by molar-refractivity contribution is 0.00829.